The quantitative estimate of drug-likeness (QED) is 0.524. The number of methoxy groups -OCH3 is 1. The van der Waals surface area contributed by atoms with Crippen LogP contribution in [0.25, 0.3) is 0 Å². The molecule has 7 heteroatoms. The van der Waals surface area contributed by atoms with E-state index in [9.17, 15) is 14.4 Å². The molecule has 0 spiro atoms. The van der Waals surface area contributed by atoms with E-state index >= 15 is 0 Å². The Labute approximate surface area is 169 Å². The molecular weight excluding hydrogens is 376 g/mol. The number of thioether (sulfide) groups is 1. The van der Waals surface area contributed by atoms with E-state index in [1.54, 1.807) is 36.0 Å². The van der Waals surface area contributed by atoms with Gasteiger partial charge in [0.2, 0.25) is 5.91 Å². The Balaban J connectivity index is 1.78. The molecule has 2 amide bonds. The van der Waals surface area contributed by atoms with Crippen LogP contribution in [0, 0.1) is 13.8 Å². The van der Waals surface area contributed by atoms with E-state index in [1.807, 2.05) is 0 Å². The smallest absolute Gasteiger partial charge is 0.325 e. The maximum absolute atomic E-state index is 12.1. The molecule has 0 aliphatic carbocycles. The van der Waals surface area contributed by atoms with Gasteiger partial charge in [0, 0.05) is 28.3 Å². The van der Waals surface area contributed by atoms with Crippen molar-refractivity contribution in [3.63, 3.8) is 0 Å². The van der Waals surface area contributed by atoms with Gasteiger partial charge in [0.1, 0.15) is 6.54 Å². The standard InChI is InChI=1S/C21H24N2O4S/c1-14-4-9-18(12-15(14)2)28-11-10-19(24)23-17-7-5-16(6-8-17)21(26)22-13-20(25)27-3/h4-9,12H,10-11,13H2,1-3H3,(H,22,26)(H,23,24). The minimum atomic E-state index is -0.518. The molecule has 0 saturated heterocycles. The number of hydrogen-bond donors (Lipinski definition) is 2. The fraction of sp³-hybridized carbons (Fsp3) is 0.286. The van der Waals surface area contributed by atoms with E-state index in [-0.39, 0.29) is 18.4 Å². The van der Waals surface area contributed by atoms with Crippen LogP contribution >= 0.6 is 11.8 Å². The highest BCUT2D eigenvalue weighted by Gasteiger charge is 2.09. The Kier molecular flexibility index (Phi) is 8.07. The van der Waals surface area contributed by atoms with E-state index in [1.165, 1.54) is 18.2 Å². The minimum Gasteiger partial charge on any atom is -0.468 e. The molecule has 2 rings (SSSR count). The molecule has 0 radical (unpaired) electrons. The van der Waals surface area contributed by atoms with Gasteiger partial charge < -0.3 is 15.4 Å². The lowest BCUT2D eigenvalue weighted by Gasteiger charge is -2.08. The van der Waals surface area contributed by atoms with Gasteiger partial charge in [-0.05, 0) is 61.4 Å². The largest absolute Gasteiger partial charge is 0.468 e. The lowest BCUT2D eigenvalue weighted by molar-refractivity contribution is -0.139. The zero-order valence-electron chi connectivity index (χ0n) is 16.2. The summed E-state index contributed by atoms with van der Waals surface area (Å²) in [6, 6.07) is 12.8. The van der Waals surface area contributed by atoms with Crippen molar-refractivity contribution in [3.05, 3.63) is 59.2 Å². The van der Waals surface area contributed by atoms with Crippen LogP contribution in [-0.2, 0) is 14.3 Å². The molecule has 0 aromatic heterocycles. The first-order valence-electron chi connectivity index (χ1n) is 8.84. The molecule has 2 N–H and O–H groups in total. The third-order valence-electron chi connectivity index (χ3n) is 4.13. The van der Waals surface area contributed by atoms with Crippen molar-refractivity contribution >= 4 is 35.2 Å². The number of rotatable bonds is 8. The SMILES string of the molecule is COC(=O)CNC(=O)c1ccc(NC(=O)CCSc2ccc(C)c(C)c2)cc1. The van der Waals surface area contributed by atoms with Gasteiger partial charge in [-0.3, -0.25) is 14.4 Å². The maximum Gasteiger partial charge on any atom is 0.325 e. The molecule has 0 aliphatic rings. The highest BCUT2D eigenvalue weighted by atomic mass is 32.2. The molecule has 2 aromatic rings. The Morgan fingerprint density at radius 1 is 1.00 bits per heavy atom. The molecule has 0 aliphatic heterocycles. The Morgan fingerprint density at radius 2 is 1.71 bits per heavy atom. The van der Waals surface area contributed by atoms with Crippen molar-refractivity contribution in [2.75, 3.05) is 24.7 Å². The van der Waals surface area contributed by atoms with Crippen LogP contribution in [0.3, 0.4) is 0 Å². The van der Waals surface area contributed by atoms with Gasteiger partial charge in [-0.25, -0.2) is 0 Å². The number of aryl methyl sites for hydroxylation is 2. The summed E-state index contributed by atoms with van der Waals surface area (Å²) in [6.45, 7) is 3.96. The second-order valence-electron chi connectivity index (χ2n) is 6.23. The molecular formula is C21H24N2O4S. The third kappa shape index (κ3) is 6.74. The fourth-order valence-corrected chi connectivity index (χ4v) is 3.27. The van der Waals surface area contributed by atoms with Gasteiger partial charge in [-0.15, -0.1) is 11.8 Å². The Morgan fingerprint density at radius 3 is 2.36 bits per heavy atom. The second-order valence-corrected chi connectivity index (χ2v) is 7.40. The first-order valence-corrected chi connectivity index (χ1v) is 9.82. The average molecular weight is 401 g/mol. The van der Waals surface area contributed by atoms with Crippen molar-refractivity contribution in [3.8, 4) is 0 Å². The normalized spacial score (nSPS) is 10.2. The zero-order valence-corrected chi connectivity index (χ0v) is 17.0. The van der Waals surface area contributed by atoms with Crippen LogP contribution < -0.4 is 10.6 Å². The summed E-state index contributed by atoms with van der Waals surface area (Å²) in [5, 5.41) is 5.27. The monoisotopic (exact) mass is 400 g/mol. The van der Waals surface area contributed by atoms with E-state index in [0.717, 1.165) is 4.90 Å². The fourth-order valence-electron chi connectivity index (χ4n) is 2.32. The zero-order chi connectivity index (χ0) is 20.5. The summed E-state index contributed by atoms with van der Waals surface area (Å²) >= 11 is 1.65. The average Bonchev–Trinajstić information content (AvgIpc) is 2.69. The number of benzene rings is 2. The topological polar surface area (TPSA) is 84.5 Å². The summed E-state index contributed by atoms with van der Waals surface area (Å²) in [5.74, 6) is -0.300. The lowest BCUT2D eigenvalue weighted by Crippen LogP contribution is -2.30. The van der Waals surface area contributed by atoms with Crippen molar-refractivity contribution < 1.29 is 19.1 Å². The maximum atomic E-state index is 12.1. The van der Waals surface area contributed by atoms with Crippen LogP contribution in [0.1, 0.15) is 27.9 Å². The summed E-state index contributed by atoms with van der Waals surface area (Å²) in [6.07, 6.45) is 0.388. The number of carbonyl (C=O) groups is 3. The number of nitrogens with one attached hydrogen (secondary N) is 2. The molecule has 0 saturated carbocycles. The van der Waals surface area contributed by atoms with Crippen molar-refractivity contribution in [2.45, 2.75) is 25.2 Å². The Bertz CT molecular complexity index is 850. The highest BCUT2D eigenvalue weighted by molar-refractivity contribution is 7.99. The van der Waals surface area contributed by atoms with E-state index in [0.29, 0.717) is 23.4 Å². The van der Waals surface area contributed by atoms with E-state index in [2.05, 4.69) is 47.4 Å². The van der Waals surface area contributed by atoms with Gasteiger partial charge in [0.25, 0.3) is 5.91 Å². The molecule has 0 heterocycles. The summed E-state index contributed by atoms with van der Waals surface area (Å²) < 4.78 is 4.47. The summed E-state index contributed by atoms with van der Waals surface area (Å²) in [7, 11) is 1.26. The van der Waals surface area contributed by atoms with E-state index < -0.39 is 5.97 Å². The number of hydrogen-bond acceptors (Lipinski definition) is 5. The number of amides is 2. The number of anilines is 1. The van der Waals surface area contributed by atoms with Crippen LogP contribution in [-0.4, -0.2) is 37.2 Å². The molecule has 0 fully saturated rings. The summed E-state index contributed by atoms with van der Waals surface area (Å²) in [5.41, 5.74) is 3.51. The number of ether oxygens (including phenoxy) is 1. The van der Waals surface area contributed by atoms with Gasteiger partial charge >= 0.3 is 5.97 Å². The second kappa shape index (κ2) is 10.5. The molecule has 28 heavy (non-hydrogen) atoms. The molecule has 0 bridgehead atoms. The van der Waals surface area contributed by atoms with E-state index in [4.69, 9.17) is 0 Å². The van der Waals surface area contributed by atoms with Gasteiger partial charge in [-0.1, -0.05) is 6.07 Å². The first kappa shape index (κ1) is 21.5. The van der Waals surface area contributed by atoms with Crippen molar-refractivity contribution in [1.29, 1.82) is 0 Å². The van der Waals surface area contributed by atoms with Crippen LogP contribution in [0.15, 0.2) is 47.4 Å². The lowest BCUT2D eigenvalue weighted by atomic mass is 10.1. The first-order chi connectivity index (χ1) is 13.4. The number of carbonyl (C=O) groups excluding carboxylic acids is 3. The molecule has 148 valence electrons. The molecule has 0 unspecified atom stereocenters. The van der Waals surface area contributed by atoms with Crippen LogP contribution in [0.5, 0.6) is 0 Å². The molecule has 6 nitrogen and oxygen atoms in total. The Hall–Kier alpha value is -2.80. The minimum absolute atomic E-state index is 0.0840. The van der Waals surface area contributed by atoms with Crippen molar-refractivity contribution in [2.24, 2.45) is 0 Å². The molecule has 2 aromatic carbocycles. The van der Waals surface area contributed by atoms with Gasteiger partial charge in [0.05, 0.1) is 7.11 Å². The predicted molar refractivity (Wildman–Crippen MR) is 111 cm³/mol. The summed E-state index contributed by atoms with van der Waals surface area (Å²) in [4.78, 5) is 36.2. The van der Waals surface area contributed by atoms with Gasteiger partial charge in [0.15, 0.2) is 0 Å². The van der Waals surface area contributed by atoms with Crippen molar-refractivity contribution in [1.82, 2.24) is 5.32 Å². The van der Waals surface area contributed by atoms with Gasteiger partial charge in [-0.2, -0.15) is 0 Å². The molecule has 0 atom stereocenters. The van der Waals surface area contributed by atoms with Crippen LogP contribution in [0.2, 0.25) is 0 Å². The van der Waals surface area contributed by atoms with Crippen LogP contribution in [0.4, 0.5) is 5.69 Å². The predicted octanol–water partition coefficient (Wildman–Crippen LogP) is 3.33. The highest BCUT2D eigenvalue weighted by Crippen LogP contribution is 2.22. The third-order valence-corrected chi connectivity index (χ3v) is 5.12. The number of esters is 1.